The number of carbonyl (C=O) groups is 2. The van der Waals surface area contributed by atoms with Crippen molar-refractivity contribution in [3.05, 3.63) is 45.4 Å². The molecule has 1 aromatic carbocycles. The zero-order valence-corrected chi connectivity index (χ0v) is 14.6. The highest BCUT2D eigenvalue weighted by molar-refractivity contribution is 7.11. The molecule has 0 spiro atoms. The Hall–Kier alpha value is -2.21. The number of aryl methyl sites for hydroxylation is 2. The van der Waals surface area contributed by atoms with Gasteiger partial charge in [0.25, 0.3) is 5.91 Å². The van der Waals surface area contributed by atoms with Crippen molar-refractivity contribution in [1.82, 2.24) is 10.3 Å². The van der Waals surface area contributed by atoms with Crippen molar-refractivity contribution in [2.75, 3.05) is 6.61 Å². The van der Waals surface area contributed by atoms with E-state index in [1.165, 1.54) is 11.8 Å². The molecule has 1 unspecified atom stereocenters. The normalized spacial score (nSPS) is 16.3. The summed E-state index contributed by atoms with van der Waals surface area (Å²) in [7, 11) is 0. The number of hydrogen-bond donors (Lipinski definition) is 1. The summed E-state index contributed by atoms with van der Waals surface area (Å²) < 4.78 is 5.50. The molecular formula is C18H20N2O3S. The second-order valence-corrected chi connectivity index (χ2v) is 7.21. The molecule has 1 N–H and O–H groups in total. The van der Waals surface area contributed by atoms with E-state index in [1.807, 2.05) is 6.92 Å². The zero-order chi connectivity index (χ0) is 17.1. The zero-order valence-electron chi connectivity index (χ0n) is 13.8. The lowest BCUT2D eigenvalue weighted by molar-refractivity contribution is -0.124. The fraction of sp³-hybridized carbons (Fsp3) is 0.389. The first-order valence-corrected chi connectivity index (χ1v) is 8.84. The number of amides is 1. The van der Waals surface area contributed by atoms with Crippen molar-refractivity contribution in [3.8, 4) is 5.75 Å². The molecule has 3 rings (SSSR count). The number of Topliss-reactive ketones (excluding diaryl/α,β-unsaturated/α-hetero) is 1. The van der Waals surface area contributed by atoms with E-state index in [0.717, 1.165) is 30.0 Å². The Labute approximate surface area is 145 Å². The van der Waals surface area contributed by atoms with E-state index in [0.29, 0.717) is 11.3 Å². The van der Waals surface area contributed by atoms with Crippen LogP contribution < -0.4 is 10.1 Å². The lowest BCUT2D eigenvalue weighted by Crippen LogP contribution is -2.34. The Morgan fingerprint density at radius 1 is 1.33 bits per heavy atom. The minimum Gasteiger partial charge on any atom is -0.484 e. The van der Waals surface area contributed by atoms with Crippen LogP contribution in [0.25, 0.3) is 0 Å². The van der Waals surface area contributed by atoms with Crippen LogP contribution in [0.15, 0.2) is 24.3 Å². The minimum absolute atomic E-state index is 0.00551. The smallest absolute Gasteiger partial charge is 0.258 e. The average molecular weight is 344 g/mol. The van der Waals surface area contributed by atoms with Crippen LogP contribution in [-0.4, -0.2) is 23.3 Å². The quantitative estimate of drug-likeness (QED) is 0.846. The van der Waals surface area contributed by atoms with Gasteiger partial charge in [-0.3, -0.25) is 9.59 Å². The molecule has 1 aliphatic carbocycles. The van der Waals surface area contributed by atoms with Gasteiger partial charge in [0.1, 0.15) is 5.75 Å². The summed E-state index contributed by atoms with van der Waals surface area (Å²) in [4.78, 5) is 29.2. The maximum Gasteiger partial charge on any atom is 0.258 e. The summed E-state index contributed by atoms with van der Waals surface area (Å²) in [6.45, 7) is 3.46. The van der Waals surface area contributed by atoms with Crippen LogP contribution in [0.4, 0.5) is 0 Å². The number of nitrogens with one attached hydrogen (secondary N) is 1. The molecule has 1 atom stereocenters. The van der Waals surface area contributed by atoms with Gasteiger partial charge < -0.3 is 10.1 Å². The van der Waals surface area contributed by atoms with Gasteiger partial charge in [-0.05, 0) is 57.4 Å². The highest BCUT2D eigenvalue weighted by Crippen LogP contribution is 2.32. The number of nitrogens with zero attached hydrogens (tertiary/aromatic N) is 1. The number of rotatable bonds is 5. The fourth-order valence-electron chi connectivity index (χ4n) is 2.85. The van der Waals surface area contributed by atoms with Gasteiger partial charge >= 0.3 is 0 Å². The monoisotopic (exact) mass is 344 g/mol. The molecule has 1 amide bonds. The van der Waals surface area contributed by atoms with E-state index in [4.69, 9.17) is 4.74 Å². The molecule has 2 aromatic rings. The molecular weight excluding hydrogens is 324 g/mol. The number of fused-ring (bicyclic) bond motifs is 1. The third kappa shape index (κ3) is 3.82. The van der Waals surface area contributed by atoms with Crippen LogP contribution in [0.3, 0.4) is 0 Å². The molecule has 24 heavy (non-hydrogen) atoms. The highest BCUT2D eigenvalue weighted by atomic mass is 32.1. The predicted octanol–water partition coefficient (Wildman–Crippen LogP) is 3.23. The van der Waals surface area contributed by atoms with Crippen molar-refractivity contribution in [1.29, 1.82) is 0 Å². The summed E-state index contributed by atoms with van der Waals surface area (Å²) in [5, 5.41) is 4.06. The van der Waals surface area contributed by atoms with E-state index in [1.54, 1.807) is 35.6 Å². The Morgan fingerprint density at radius 2 is 2.08 bits per heavy atom. The third-order valence-corrected chi connectivity index (χ3v) is 5.07. The van der Waals surface area contributed by atoms with E-state index < -0.39 is 0 Å². The van der Waals surface area contributed by atoms with Crippen molar-refractivity contribution in [2.24, 2.45) is 0 Å². The molecule has 1 aromatic heterocycles. The number of benzene rings is 1. The standard InChI is InChI=1S/C18H20N2O3S/c1-11(21)13-6-8-14(9-7-13)23-10-17(22)20-15-4-3-5-16-18(15)19-12(2)24-16/h6-9,15H,3-5,10H2,1-2H3,(H,20,22). The molecule has 0 fully saturated rings. The van der Waals surface area contributed by atoms with E-state index in [2.05, 4.69) is 10.3 Å². The van der Waals surface area contributed by atoms with Crippen molar-refractivity contribution in [2.45, 2.75) is 39.2 Å². The average Bonchev–Trinajstić information content (AvgIpc) is 2.95. The second-order valence-electron chi connectivity index (χ2n) is 5.92. The van der Waals surface area contributed by atoms with Crippen molar-refractivity contribution >= 4 is 23.0 Å². The lowest BCUT2D eigenvalue weighted by Gasteiger charge is -2.22. The van der Waals surface area contributed by atoms with Gasteiger partial charge in [0.05, 0.1) is 16.7 Å². The van der Waals surface area contributed by atoms with Gasteiger partial charge in [-0.2, -0.15) is 0 Å². The van der Waals surface area contributed by atoms with E-state index >= 15 is 0 Å². The molecule has 1 aliphatic rings. The summed E-state index contributed by atoms with van der Waals surface area (Å²) in [6, 6.07) is 6.77. The first-order chi connectivity index (χ1) is 11.5. The largest absolute Gasteiger partial charge is 0.484 e. The van der Waals surface area contributed by atoms with Gasteiger partial charge in [0, 0.05) is 10.4 Å². The highest BCUT2D eigenvalue weighted by Gasteiger charge is 2.25. The predicted molar refractivity (Wildman–Crippen MR) is 92.6 cm³/mol. The van der Waals surface area contributed by atoms with Gasteiger partial charge in [-0.25, -0.2) is 4.98 Å². The first kappa shape index (κ1) is 16.6. The van der Waals surface area contributed by atoms with Gasteiger partial charge in [-0.1, -0.05) is 0 Å². The molecule has 0 bridgehead atoms. The first-order valence-electron chi connectivity index (χ1n) is 8.02. The fourth-order valence-corrected chi connectivity index (χ4v) is 3.89. The summed E-state index contributed by atoms with van der Waals surface area (Å²) in [5.41, 5.74) is 1.64. The minimum atomic E-state index is -0.158. The molecule has 0 saturated heterocycles. The lowest BCUT2D eigenvalue weighted by atomic mass is 9.97. The van der Waals surface area contributed by atoms with Crippen LogP contribution in [0.1, 0.15) is 51.7 Å². The SMILES string of the molecule is CC(=O)c1ccc(OCC(=O)NC2CCCc3sc(C)nc32)cc1. The number of thiazole rings is 1. The van der Waals surface area contributed by atoms with Crippen LogP contribution in [0, 0.1) is 6.92 Å². The second kappa shape index (κ2) is 7.13. The maximum atomic E-state index is 12.2. The van der Waals surface area contributed by atoms with Crippen LogP contribution in [0.2, 0.25) is 0 Å². The van der Waals surface area contributed by atoms with Crippen molar-refractivity contribution in [3.63, 3.8) is 0 Å². The van der Waals surface area contributed by atoms with Crippen LogP contribution in [0.5, 0.6) is 5.75 Å². The number of aromatic nitrogens is 1. The van der Waals surface area contributed by atoms with Gasteiger partial charge in [0.2, 0.25) is 0 Å². The summed E-state index contributed by atoms with van der Waals surface area (Å²) in [5.74, 6) is 0.420. The van der Waals surface area contributed by atoms with Gasteiger partial charge in [-0.15, -0.1) is 11.3 Å². The van der Waals surface area contributed by atoms with Crippen LogP contribution in [-0.2, 0) is 11.2 Å². The topological polar surface area (TPSA) is 68.3 Å². The third-order valence-electron chi connectivity index (χ3n) is 4.03. The number of ether oxygens (including phenoxy) is 1. The van der Waals surface area contributed by atoms with E-state index in [-0.39, 0.29) is 24.3 Å². The Kier molecular flexibility index (Phi) is 4.94. The Morgan fingerprint density at radius 3 is 2.79 bits per heavy atom. The number of carbonyl (C=O) groups excluding carboxylic acids is 2. The van der Waals surface area contributed by atoms with Crippen molar-refractivity contribution < 1.29 is 14.3 Å². The van der Waals surface area contributed by atoms with Gasteiger partial charge in [0.15, 0.2) is 12.4 Å². The molecule has 0 aliphatic heterocycles. The molecule has 0 radical (unpaired) electrons. The molecule has 6 heteroatoms. The summed E-state index contributed by atoms with van der Waals surface area (Å²) in [6.07, 6.45) is 3.02. The molecule has 126 valence electrons. The van der Waals surface area contributed by atoms with Crippen LogP contribution >= 0.6 is 11.3 Å². The molecule has 1 heterocycles. The maximum absolute atomic E-state index is 12.2. The molecule has 0 saturated carbocycles. The van der Waals surface area contributed by atoms with E-state index in [9.17, 15) is 9.59 Å². The summed E-state index contributed by atoms with van der Waals surface area (Å²) >= 11 is 1.71. The molecule has 5 nitrogen and oxygen atoms in total. The Balaban J connectivity index is 1.55. The number of ketones is 1. The Bertz CT molecular complexity index is 752. The number of hydrogen-bond acceptors (Lipinski definition) is 5.